The minimum absolute atomic E-state index is 0.269. The third kappa shape index (κ3) is 5.64. The first-order valence-corrected chi connectivity index (χ1v) is 11.2. The van der Waals surface area contributed by atoms with Crippen molar-refractivity contribution in [1.29, 1.82) is 0 Å². The van der Waals surface area contributed by atoms with Crippen LogP contribution in [-0.4, -0.2) is 28.5 Å². The molecule has 0 aliphatic carbocycles. The molecule has 0 radical (unpaired) electrons. The molecule has 170 valence electrons. The number of carboxylic acid groups (broad SMARTS) is 1. The van der Waals surface area contributed by atoms with Gasteiger partial charge in [0.05, 0.1) is 12.7 Å². The molecule has 0 unspecified atom stereocenters. The number of rotatable bonds is 10. The number of halogens is 2. The Morgan fingerprint density at radius 3 is 2.94 bits per heavy atom. The van der Waals surface area contributed by atoms with E-state index in [4.69, 9.17) is 4.42 Å². The molecule has 0 fully saturated rings. The monoisotopic (exact) mass is 442 g/mol. The molecule has 0 bridgehead atoms. The van der Waals surface area contributed by atoms with Gasteiger partial charge in [0.15, 0.2) is 0 Å². The van der Waals surface area contributed by atoms with Crippen LogP contribution in [0.4, 0.5) is 14.6 Å². The quantitative estimate of drug-likeness (QED) is 0.367. The number of carboxylic acids is 1. The molecule has 1 atom stereocenters. The largest absolute Gasteiger partial charge is 0.481 e. The van der Waals surface area contributed by atoms with Crippen molar-refractivity contribution >= 4 is 22.8 Å². The fourth-order valence-electron chi connectivity index (χ4n) is 4.40. The number of hydrogen-bond acceptors (Lipinski definition) is 4. The average molecular weight is 443 g/mol. The van der Waals surface area contributed by atoms with Crippen LogP contribution in [0.15, 0.2) is 47.1 Å². The van der Waals surface area contributed by atoms with Crippen LogP contribution in [-0.2, 0) is 17.6 Å². The SMILES string of the molecule is O=C(O)C[C@H](CC(F)(F)CCCCc1ccc2c(n1)NCCC2)c1ccc2ccoc2c1. The van der Waals surface area contributed by atoms with E-state index in [1.54, 1.807) is 24.3 Å². The van der Waals surface area contributed by atoms with Crippen molar-refractivity contribution in [1.82, 2.24) is 4.98 Å². The Morgan fingerprint density at radius 2 is 2.09 bits per heavy atom. The third-order valence-corrected chi connectivity index (χ3v) is 6.09. The van der Waals surface area contributed by atoms with E-state index in [2.05, 4.69) is 16.4 Å². The number of benzene rings is 1. The molecule has 7 heteroatoms. The first kappa shape index (κ1) is 22.2. The van der Waals surface area contributed by atoms with Gasteiger partial charge in [-0.25, -0.2) is 13.8 Å². The Bertz CT molecular complexity index is 1080. The molecular formula is C25H28F2N2O3. The Labute approximate surface area is 185 Å². The second kappa shape index (κ2) is 9.67. The summed E-state index contributed by atoms with van der Waals surface area (Å²) in [4.78, 5) is 15.9. The van der Waals surface area contributed by atoms with Gasteiger partial charge in [0.2, 0.25) is 5.92 Å². The molecule has 0 amide bonds. The number of aryl methyl sites for hydroxylation is 2. The Kier molecular flexibility index (Phi) is 6.72. The van der Waals surface area contributed by atoms with Gasteiger partial charge >= 0.3 is 5.97 Å². The maximum Gasteiger partial charge on any atom is 0.303 e. The van der Waals surface area contributed by atoms with E-state index in [-0.39, 0.29) is 12.8 Å². The zero-order valence-electron chi connectivity index (χ0n) is 17.9. The topological polar surface area (TPSA) is 75.4 Å². The average Bonchev–Trinajstić information content (AvgIpc) is 3.24. The molecule has 1 aliphatic rings. The number of aromatic nitrogens is 1. The van der Waals surface area contributed by atoms with E-state index in [0.29, 0.717) is 30.4 Å². The zero-order valence-corrected chi connectivity index (χ0v) is 17.9. The minimum atomic E-state index is -2.94. The fourth-order valence-corrected chi connectivity index (χ4v) is 4.40. The van der Waals surface area contributed by atoms with Crippen LogP contribution < -0.4 is 5.32 Å². The number of pyridine rings is 1. The number of aliphatic carboxylic acids is 1. The summed E-state index contributed by atoms with van der Waals surface area (Å²) in [5.41, 5.74) is 3.27. The number of unbranched alkanes of at least 4 members (excludes halogenated alkanes) is 1. The maximum absolute atomic E-state index is 14.8. The lowest BCUT2D eigenvalue weighted by molar-refractivity contribution is -0.138. The Morgan fingerprint density at radius 1 is 1.22 bits per heavy atom. The van der Waals surface area contributed by atoms with Gasteiger partial charge in [0.1, 0.15) is 11.4 Å². The van der Waals surface area contributed by atoms with Gasteiger partial charge in [0, 0.05) is 36.4 Å². The number of alkyl halides is 2. The van der Waals surface area contributed by atoms with E-state index in [1.165, 1.54) is 11.8 Å². The van der Waals surface area contributed by atoms with Crippen LogP contribution in [0.5, 0.6) is 0 Å². The standard InChI is InChI=1S/C25H28F2N2O3/c26-25(27,11-2-1-5-21-9-8-18-4-3-12-28-24(18)29-21)16-20(15-23(30)31)19-7-6-17-10-13-32-22(17)14-19/h6-10,13-14,20H,1-5,11-12,15-16H2,(H,28,29)(H,30,31)/t20-/m1/s1. The fraction of sp³-hybridized carbons (Fsp3) is 0.440. The van der Waals surface area contributed by atoms with Crippen LogP contribution in [0.2, 0.25) is 0 Å². The summed E-state index contributed by atoms with van der Waals surface area (Å²) in [5.74, 6) is -3.88. The highest BCUT2D eigenvalue weighted by atomic mass is 19.3. The van der Waals surface area contributed by atoms with Crippen molar-refractivity contribution in [3.63, 3.8) is 0 Å². The number of nitrogens with zero attached hydrogens (tertiary/aromatic N) is 1. The first-order valence-electron chi connectivity index (χ1n) is 11.2. The van der Waals surface area contributed by atoms with Gasteiger partial charge in [-0.05, 0) is 61.4 Å². The predicted molar refractivity (Wildman–Crippen MR) is 119 cm³/mol. The molecule has 32 heavy (non-hydrogen) atoms. The van der Waals surface area contributed by atoms with Crippen LogP contribution in [0.1, 0.15) is 61.3 Å². The number of fused-ring (bicyclic) bond motifs is 2. The second-order valence-electron chi connectivity index (χ2n) is 8.62. The highest BCUT2D eigenvalue weighted by Crippen LogP contribution is 2.37. The Hall–Kier alpha value is -2.96. The van der Waals surface area contributed by atoms with Crippen molar-refractivity contribution in [2.24, 2.45) is 0 Å². The number of furan rings is 1. The Balaban J connectivity index is 1.33. The molecule has 5 nitrogen and oxygen atoms in total. The molecule has 1 aliphatic heterocycles. The van der Waals surface area contributed by atoms with E-state index in [0.717, 1.165) is 36.3 Å². The summed E-state index contributed by atoms with van der Waals surface area (Å²) in [5, 5.41) is 13.4. The van der Waals surface area contributed by atoms with Crippen LogP contribution in [0, 0.1) is 0 Å². The maximum atomic E-state index is 14.8. The van der Waals surface area contributed by atoms with Gasteiger partial charge in [0.25, 0.3) is 0 Å². The van der Waals surface area contributed by atoms with E-state index >= 15 is 0 Å². The number of nitrogens with one attached hydrogen (secondary N) is 1. The van der Waals surface area contributed by atoms with Crippen molar-refractivity contribution in [2.75, 3.05) is 11.9 Å². The van der Waals surface area contributed by atoms with Crippen LogP contribution in [0.25, 0.3) is 11.0 Å². The molecule has 1 aromatic carbocycles. The smallest absolute Gasteiger partial charge is 0.303 e. The molecule has 3 heterocycles. The summed E-state index contributed by atoms with van der Waals surface area (Å²) in [6.07, 6.45) is 4.17. The first-order chi connectivity index (χ1) is 15.4. The molecule has 0 saturated carbocycles. The summed E-state index contributed by atoms with van der Waals surface area (Å²) < 4.78 is 34.9. The third-order valence-electron chi connectivity index (χ3n) is 6.09. The van der Waals surface area contributed by atoms with Crippen molar-refractivity contribution in [3.8, 4) is 0 Å². The lowest BCUT2D eigenvalue weighted by Gasteiger charge is -2.23. The molecule has 2 N–H and O–H groups in total. The van der Waals surface area contributed by atoms with Gasteiger partial charge in [-0.1, -0.05) is 18.2 Å². The van der Waals surface area contributed by atoms with Gasteiger partial charge in [-0.3, -0.25) is 4.79 Å². The molecular weight excluding hydrogens is 414 g/mol. The summed E-state index contributed by atoms with van der Waals surface area (Å²) in [7, 11) is 0. The van der Waals surface area contributed by atoms with Crippen LogP contribution in [0.3, 0.4) is 0 Å². The number of hydrogen-bond donors (Lipinski definition) is 2. The highest BCUT2D eigenvalue weighted by Gasteiger charge is 2.34. The lowest BCUT2D eigenvalue weighted by atomic mass is 9.88. The predicted octanol–water partition coefficient (Wildman–Crippen LogP) is 6.18. The van der Waals surface area contributed by atoms with Crippen molar-refractivity contribution in [2.45, 2.75) is 63.2 Å². The summed E-state index contributed by atoms with van der Waals surface area (Å²) >= 11 is 0. The van der Waals surface area contributed by atoms with Crippen molar-refractivity contribution < 1.29 is 23.1 Å². The minimum Gasteiger partial charge on any atom is -0.481 e. The number of anilines is 1. The van der Waals surface area contributed by atoms with E-state index in [9.17, 15) is 18.7 Å². The zero-order chi connectivity index (χ0) is 22.6. The van der Waals surface area contributed by atoms with E-state index in [1.807, 2.05) is 6.07 Å². The van der Waals surface area contributed by atoms with E-state index < -0.39 is 24.2 Å². The molecule has 0 spiro atoms. The van der Waals surface area contributed by atoms with Gasteiger partial charge < -0.3 is 14.8 Å². The highest BCUT2D eigenvalue weighted by molar-refractivity contribution is 5.78. The second-order valence-corrected chi connectivity index (χ2v) is 8.62. The van der Waals surface area contributed by atoms with Crippen LogP contribution >= 0.6 is 0 Å². The normalized spacial score (nSPS) is 14.7. The van der Waals surface area contributed by atoms with Crippen molar-refractivity contribution in [3.05, 3.63) is 59.5 Å². The lowest BCUT2D eigenvalue weighted by Crippen LogP contribution is -2.22. The summed E-state index contributed by atoms with van der Waals surface area (Å²) in [6.45, 7) is 0.917. The number of carbonyl (C=O) groups is 1. The molecule has 3 aromatic rings. The molecule has 4 rings (SSSR count). The van der Waals surface area contributed by atoms with Gasteiger partial charge in [-0.15, -0.1) is 0 Å². The molecule has 0 saturated heterocycles. The molecule has 2 aromatic heterocycles. The van der Waals surface area contributed by atoms with Gasteiger partial charge in [-0.2, -0.15) is 0 Å². The summed E-state index contributed by atoms with van der Waals surface area (Å²) in [6, 6.07) is 11.0.